The fourth-order valence-corrected chi connectivity index (χ4v) is 2.95. The van der Waals surface area contributed by atoms with Gasteiger partial charge < -0.3 is 0 Å². The Kier molecular flexibility index (Phi) is 2.91. The van der Waals surface area contributed by atoms with Crippen LogP contribution < -0.4 is 0 Å². The van der Waals surface area contributed by atoms with E-state index in [4.69, 9.17) is 5.53 Å². The molecule has 0 unspecified atom stereocenters. The largest absolute Gasteiger partial charge is 0.236 e. The Morgan fingerprint density at radius 3 is 2.68 bits per heavy atom. The minimum absolute atomic E-state index is 0.614. The Morgan fingerprint density at radius 1 is 1.16 bits per heavy atom. The first-order valence-electron chi connectivity index (χ1n) is 5.79. The van der Waals surface area contributed by atoms with E-state index in [0.29, 0.717) is 5.69 Å². The monoisotopic (exact) mass is 266 g/mol. The summed E-state index contributed by atoms with van der Waals surface area (Å²) < 4.78 is 1.19. The van der Waals surface area contributed by atoms with Crippen LogP contribution >= 0.6 is 11.3 Å². The fraction of sp³-hybridized carbons (Fsp3) is 0.0714. The number of nitrogens with zero attached hydrogens (tertiary/aromatic N) is 4. The molecule has 0 fully saturated rings. The van der Waals surface area contributed by atoms with Crippen LogP contribution in [0.25, 0.3) is 31.2 Å². The summed E-state index contributed by atoms with van der Waals surface area (Å²) in [7, 11) is 0. The van der Waals surface area contributed by atoms with Gasteiger partial charge in [-0.3, -0.25) is 0 Å². The molecule has 0 aliphatic rings. The van der Waals surface area contributed by atoms with E-state index in [1.165, 1.54) is 10.3 Å². The molecule has 0 bridgehead atoms. The van der Waals surface area contributed by atoms with Gasteiger partial charge >= 0.3 is 0 Å². The van der Waals surface area contributed by atoms with Gasteiger partial charge in [-0.2, -0.15) is 0 Å². The number of hydrogen-bond donors (Lipinski definition) is 0. The molecule has 0 N–H and O–H groups in total. The number of azide groups is 1. The molecule has 1 aromatic heterocycles. The van der Waals surface area contributed by atoms with Crippen molar-refractivity contribution < 1.29 is 0 Å². The van der Waals surface area contributed by atoms with Crippen molar-refractivity contribution in [3.05, 3.63) is 58.5 Å². The second-order valence-electron chi connectivity index (χ2n) is 4.23. The first-order chi connectivity index (χ1) is 9.26. The molecule has 4 nitrogen and oxygen atoms in total. The van der Waals surface area contributed by atoms with Crippen molar-refractivity contribution in [2.75, 3.05) is 0 Å². The third-order valence-corrected chi connectivity index (χ3v) is 3.89. The van der Waals surface area contributed by atoms with E-state index in [1.54, 1.807) is 23.5 Å². The Morgan fingerprint density at radius 2 is 1.95 bits per heavy atom. The minimum atomic E-state index is 0.614. The van der Waals surface area contributed by atoms with Crippen LogP contribution in [0.2, 0.25) is 0 Å². The van der Waals surface area contributed by atoms with Crippen molar-refractivity contribution in [1.82, 2.24) is 4.98 Å². The average molecular weight is 266 g/mol. The van der Waals surface area contributed by atoms with Crippen LogP contribution in [0.5, 0.6) is 0 Å². The maximum absolute atomic E-state index is 8.38. The summed E-state index contributed by atoms with van der Waals surface area (Å²) in [4.78, 5) is 7.38. The van der Waals surface area contributed by atoms with Crippen LogP contribution in [0.1, 0.15) is 5.56 Å². The third-order valence-electron chi connectivity index (χ3n) is 2.82. The maximum atomic E-state index is 8.38. The zero-order chi connectivity index (χ0) is 13.2. The van der Waals surface area contributed by atoms with E-state index >= 15 is 0 Å². The molecule has 3 rings (SSSR count). The number of thiazole rings is 1. The van der Waals surface area contributed by atoms with Crippen molar-refractivity contribution >= 4 is 27.2 Å². The van der Waals surface area contributed by atoms with E-state index in [1.807, 2.05) is 18.2 Å². The van der Waals surface area contributed by atoms with Crippen LogP contribution in [-0.4, -0.2) is 4.98 Å². The molecule has 0 saturated carbocycles. The highest BCUT2D eigenvalue weighted by molar-refractivity contribution is 7.21. The zero-order valence-electron chi connectivity index (χ0n) is 10.2. The number of fused-ring (bicyclic) bond motifs is 1. The van der Waals surface area contributed by atoms with Gasteiger partial charge in [0.15, 0.2) is 0 Å². The highest BCUT2D eigenvalue weighted by Gasteiger charge is 2.06. The predicted molar refractivity (Wildman–Crippen MR) is 78.6 cm³/mol. The van der Waals surface area contributed by atoms with Crippen molar-refractivity contribution in [3.63, 3.8) is 0 Å². The van der Waals surface area contributed by atoms with Crippen LogP contribution in [0.15, 0.2) is 47.6 Å². The molecule has 0 amide bonds. The molecule has 5 heteroatoms. The molecule has 0 aliphatic heterocycles. The highest BCUT2D eigenvalue weighted by Crippen LogP contribution is 2.31. The Balaban J connectivity index is 2.05. The number of hydrogen-bond acceptors (Lipinski definition) is 3. The molecule has 19 heavy (non-hydrogen) atoms. The van der Waals surface area contributed by atoms with Gasteiger partial charge in [-0.1, -0.05) is 35.4 Å². The summed E-state index contributed by atoms with van der Waals surface area (Å²) in [6, 6.07) is 13.7. The van der Waals surface area contributed by atoms with Crippen molar-refractivity contribution in [3.8, 4) is 10.6 Å². The fourth-order valence-electron chi connectivity index (χ4n) is 1.88. The summed E-state index contributed by atoms with van der Waals surface area (Å²) in [6.07, 6.45) is 0. The van der Waals surface area contributed by atoms with E-state index in [0.717, 1.165) is 16.1 Å². The second kappa shape index (κ2) is 4.72. The van der Waals surface area contributed by atoms with Gasteiger partial charge in [0.2, 0.25) is 0 Å². The van der Waals surface area contributed by atoms with Crippen LogP contribution in [0, 0.1) is 6.92 Å². The molecule has 3 aromatic rings. The quantitative estimate of drug-likeness (QED) is 0.356. The normalized spacial score (nSPS) is 10.4. The van der Waals surface area contributed by atoms with Crippen LogP contribution in [0.3, 0.4) is 0 Å². The molecule has 0 saturated heterocycles. The van der Waals surface area contributed by atoms with Gasteiger partial charge in [0.05, 0.1) is 10.2 Å². The molecule has 92 valence electrons. The minimum Gasteiger partial charge on any atom is -0.236 e. The first-order valence-corrected chi connectivity index (χ1v) is 6.60. The lowest BCUT2D eigenvalue weighted by Gasteiger charge is -1.95. The Bertz CT molecular complexity index is 783. The molecule has 0 atom stereocenters. The Labute approximate surface area is 114 Å². The van der Waals surface area contributed by atoms with E-state index in [2.05, 4.69) is 34.1 Å². The van der Waals surface area contributed by atoms with Gasteiger partial charge in [0, 0.05) is 16.2 Å². The lowest BCUT2D eigenvalue weighted by molar-refractivity contribution is 1.44. The zero-order valence-corrected chi connectivity index (χ0v) is 11.1. The van der Waals surface area contributed by atoms with Crippen LogP contribution in [-0.2, 0) is 0 Å². The molecular formula is C14H10N4S. The predicted octanol–water partition coefficient (Wildman–Crippen LogP) is 5.21. The lowest BCUT2D eigenvalue weighted by atomic mass is 10.2. The van der Waals surface area contributed by atoms with Gasteiger partial charge in [-0.25, -0.2) is 4.98 Å². The lowest BCUT2D eigenvalue weighted by Crippen LogP contribution is -1.74. The molecule has 1 heterocycles. The molecular weight excluding hydrogens is 256 g/mol. The SMILES string of the molecule is Cc1ccc2nc(-c3ccc(N=[N+]=[N-])cc3)sc2c1. The van der Waals surface area contributed by atoms with Crippen molar-refractivity contribution in [2.45, 2.75) is 6.92 Å². The summed E-state index contributed by atoms with van der Waals surface area (Å²) in [5, 5.41) is 4.54. The summed E-state index contributed by atoms with van der Waals surface area (Å²) in [5.74, 6) is 0. The average Bonchev–Trinajstić information content (AvgIpc) is 2.83. The third kappa shape index (κ3) is 2.29. The molecule has 2 aromatic carbocycles. The van der Waals surface area contributed by atoms with E-state index in [-0.39, 0.29) is 0 Å². The first kappa shape index (κ1) is 11.7. The van der Waals surface area contributed by atoms with Gasteiger partial charge in [0.25, 0.3) is 0 Å². The molecule has 0 spiro atoms. The summed E-state index contributed by atoms with van der Waals surface area (Å²) in [5.41, 5.74) is 12.3. The number of rotatable bonds is 2. The highest BCUT2D eigenvalue weighted by atomic mass is 32.1. The van der Waals surface area contributed by atoms with Crippen LogP contribution in [0.4, 0.5) is 5.69 Å². The smallest absolute Gasteiger partial charge is 0.124 e. The van der Waals surface area contributed by atoms with Gasteiger partial charge in [-0.05, 0) is 30.2 Å². The second-order valence-corrected chi connectivity index (χ2v) is 5.26. The standard InChI is InChI=1S/C14H10N4S/c1-9-2-7-12-13(8-9)19-14(16-12)10-3-5-11(6-4-10)17-18-15/h2-8H,1H3. The Hall–Kier alpha value is -2.36. The van der Waals surface area contributed by atoms with E-state index in [9.17, 15) is 0 Å². The molecule has 0 radical (unpaired) electrons. The number of aromatic nitrogens is 1. The maximum Gasteiger partial charge on any atom is 0.124 e. The summed E-state index contributed by atoms with van der Waals surface area (Å²) >= 11 is 1.67. The van der Waals surface area contributed by atoms with Crippen molar-refractivity contribution in [2.24, 2.45) is 5.11 Å². The number of aryl methyl sites for hydroxylation is 1. The van der Waals surface area contributed by atoms with E-state index < -0.39 is 0 Å². The molecule has 0 aliphatic carbocycles. The topological polar surface area (TPSA) is 61.7 Å². The van der Waals surface area contributed by atoms with Gasteiger partial charge in [0.1, 0.15) is 5.01 Å². The summed E-state index contributed by atoms with van der Waals surface area (Å²) in [6.45, 7) is 2.08. The number of benzene rings is 2. The van der Waals surface area contributed by atoms with Crippen molar-refractivity contribution in [1.29, 1.82) is 0 Å². The van der Waals surface area contributed by atoms with Gasteiger partial charge in [-0.15, -0.1) is 11.3 Å².